The first-order valence-corrected chi connectivity index (χ1v) is 6.76. The van der Waals surface area contributed by atoms with E-state index in [0.29, 0.717) is 0 Å². The summed E-state index contributed by atoms with van der Waals surface area (Å²) in [6.07, 6.45) is 3.74. The highest BCUT2D eigenvalue weighted by molar-refractivity contribution is 9.10. The molecule has 0 radical (unpaired) electrons. The molecule has 0 aromatic carbocycles. The van der Waals surface area contributed by atoms with Gasteiger partial charge in [-0.15, -0.1) is 0 Å². The molecule has 2 aromatic heterocycles. The number of rotatable bonds is 4. The third kappa shape index (κ3) is 2.62. The molecule has 18 heavy (non-hydrogen) atoms. The number of aryl methyl sites for hydroxylation is 2. The number of halogens is 1. The SMILES string of the molecule is CCNC(c1ccc(C)nc1)c1c(Br)cnn1C. The van der Waals surface area contributed by atoms with Crippen LogP contribution in [0.2, 0.25) is 0 Å². The predicted octanol–water partition coefficient (Wildman–Crippen LogP) is 2.58. The van der Waals surface area contributed by atoms with E-state index in [1.54, 1.807) is 0 Å². The monoisotopic (exact) mass is 308 g/mol. The molecule has 1 atom stereocenters. The normalized spacial score (nSPS) is 12.7. The van der Waals surface area contributed by atoms with Crippen LogP contribution in [0.15, 0.2) is 29.0 Å². The molecule has 96 valence electrons. The maximum Gasteiger partial charge on any atom is 0.0774 e. The molecule has 2 rings (SSSR count). The first-order valence-electron chi connectivity index (χ1n) is 5.96. The Balaban J connectivity index is 2.43. The van der Waals surface area contributed by atoms with Gasteiger partial charge < -0.3 is 5.32 Å². The maximum atomic E-state index is 4.37. The number of aromatic nitrogens is 3. The van der Waals surface area contributed by atoms with Crippen LogP contribution in [0.25, 0.3) is 0 Å². The third-order valence-corrected chi connectivity index (χ3v) is 3.50. The van der Waals surface area contributed by atoms with Gasteiger partial charge in [-0.05, 0) is 41.0 Å². The fourth-order valence-corrected chi connectivity index (χ4v) is 2.55. The molecule has 0 amide bonds. The van der Waals surface area contributed by atoms with Gasteiger partial charge in [0.25, 0.3) is 0 Å². The van der Waals surface area contributed by atoms with Gasteiger partial charge in [-0.3, -0.25) is 9.67 Å². The fourth-order valence-electron chi connectivity index (χ4n) is 1.97. The van der Waals surface area contributed by atoms with Crippen molar-refractivity contribution in [2.24, 2.45) is 7.05 Å². The molecular weight excluding hydrogens is 292 g/mol. The third-order valence-electron chi connectivity index (χ3n) is 2.89. The lowest BCUT2D eigenvalue weighted by Crippen LogP contribution is -2.24. The van der Waals surface area contributed by atoms with E-state index in [4.69, 9.17) is 0 Å². The van der Waals surface area contributed by atoms with Crippen molar-refractivity contribution in [2.45, 2.75) is 19.9 Å². The minimum atomic E-state index is 0.102. The van der Waals surface area contributed by atoms with Gasteiger partial charge in [-0.25, -0.2) is 0 Å². The molecular formula is C13H17BrN4. The summed E-state index contributed by atoms with van der Waals surface area (Å²) < 4.78 is 2.90. The zero-order valence-electron chi connectivity index (χ0n) is 10.8. The van der Waals surface area contributed by atoms with Gasteiger partial charge in [0.2, 0.25) is 0 Å². The van der Waals surface area contributed by atoms with Crippen LogP contribution in [0.4, 0.5) is 0 Å². The Morgan fingerprint density at radius 2 is 2.17 bits per heavy atom. The molecule has 0 bridgehead atoms. The smallest absolute Gasteiger partial charge is 0.0774 e. The molecule has 4 nitrogen and oxygen atoms in total. The molecule has 0 aliphatic carbocycles. The second kappa shape index (κ2) is 5.63. The highest BCUT2D eigenvalue weighted by Crippen LogP contribution is 2.27. The lowest BCUT2D eigenvalue weighted by molar-refractivity contribution is 0.569. The van der Waals surface area contributed by atoms with Gasteiger partial charge in [0.05, 0.1) is 22.4 Å². The molecule has 0 fully saturated rings. The van der Waals surface area contributed by atoms with Crippen molar-refractivity contribution in [3.8, 4) is 0 Å². The number of pyridine rings is 1. The van der Waals surface area contributed by atoms with Crippen molar-refractivity contribution in [3.63, 3.8) is 0 Å². The van der Waals surface area contributed by atoms with Gasteiger partial charge in [-0.1, -0.05) is 13.0 Å². The van der Waals surface area contributed by atoms with Crippen LogP contribution in [0.3, 0.4) is 0 Å². The number of nitrogens with one attached hydrogen (secondary N) is 1. The summed E-state index contributed by atoms with van der Waals surface area (Å²) in [7, 11) is 1.95. The second-order valence-electron chi connectivity index (χ2n) is 4.22. The largest absolute Gasteiger partial charge is 0.305 e. The quantitative estimate of drug-likeness (QED) is 0.944. The summed E-state index contributed by atoms with van der Waals surface area (Å²) in [5, 5.41) is 7.74. The lowest BCUT2D eigenvalue weighted by Gasteiger charge is -2.19. The Morgan fingerprint density at radius 3 is 2.67 bits per heavy atom. The van der Waals surface area contributed by atoms with E-state index in [9.17, 15) is 0 Å². The zero-order chi connectivity index (χ0) is 13.1. The van der Waals surface area contributed by atoms with E-state index >= 15 is 0 Å². The summed E-state index contributed by atoms with van der Waals surface area (Å²) in [5.74, 6) is 0. The van der Waals surface area contributed by atoms with Gasteiger partial charge in [0.15, 0.2) is 0 Å². The Morgan fingerprint density at radius 1 is 1.39 bits per heavy atom. The van der Waals surface area contributed by atoms with E-state index in [2.05, 4.69) is 44.3 Å². The van der Waals surface area contributed by atoms with Crippen molar-refractivity contribution >= 4 is 15.9 Å². The van der Waals surface area contributed by atoms with Crippen molar-refractivity contribution < 1.29 is 0 Å². The van der Waals surface area contributed by atoms with Crippen LogP contribution >= 0.6 is 15.9 Å². The Bertz CT molecular complexity index is 499. The molecule has 1 N–H and O–H groups in total. The molecule has 2 aromatic rings. The molecule has 2 heterocycles. The molecule has 0 saturated heterocycles. The minimum absolute atomic E-state index is 0.102. The van der Waals surface area contributed by atoms with E-state index in [1.165, 1.54) is 0 Å². The van der Waals surface area contributed by atoms with Crippen molar-refractivity contribution in [1.29, 1.82) is 0 Å². The lowest BCUT2D eigenvalue weighted by atomic mass is 10.1. The molecule has 0 aliphatic heterocycles. The summed E-state index contributed by atoms with van der Waals surface area (Å²) in [5.41, 5.74) is 3.28. The van der Waals surface area contributed by atoms with Crippen LogP contribution in [-0.4, -0.2) is 21.3 Å². The molecule has 0 aliphatic rings. The van der Waals surface area contributed by atoms with Crippen LogP contribution in [0.5, 0.6) is 0 Å². The number of hydrogen-bond acceptors (Lipinski definition) is 3. The topological polar surface area (TPSA) is 42.7 Å². The minimum Gasteiger partial charge on any atom is -0.305 e. The van der Waals surface area contributed by atoms with E-state index in [0.717, 1.165) is 28.0 Å². The fraction of sp³-hybridized carbons (Fsp3) is 0.385. The van der Waals surface area contributed by atoms with E-state index < -0.39 is 0 Å². The molecule has 1 unspecified atom stereocenters. The van der Waals surface area contributed by atoms with Crippen LogP contribution in [0.1, 0.15) is 29.9 Å². The van der Waals surface area contributed by atoms with Gasteiger partial charge in [-0.2, -0.15) is 5.10 Å². The van der Waals surface area contributed by atoms with Gasteiger partial charge >= 0.3 is 0 Å². The summed E-state index contributed by atoms with van der Waals surface area (Å²) in [6, 6.07) is 4.24. The maximum absolute atomic E-state index is 4.37. The van der Waals surface area contributed by atoms with Crippen molar-refractivity contribution in [3.05, 3.63) is 46.0 Å². The average molecular weight is 309 g/mol. The van der Waals surface area contributed by atoms with Crippen LogP contribution in [-0.2, 0) is 7.05 Å². The van der Waals surface area contributed by atoms with E-state index in [-0.39, 0.29) is 6.04 Å². The Hall–Kier alpha value is -1.20. The van der Waals surface area contributed by atoms with Crippen LogP contribution in [0, 0.1) is 6.92 Å². The van der Waals surface area contributed by atoms with Crippen molar-refractivity contribution in [1.82, 2.24) is 20.1 Å². The Labute approximate surface area is 116 Å². The predicted molar refractivity (Wildman–Crippen MR) is 75.4 cm³/mol. The number of nitrogens with zero attached hydrogens (tertiary/aromatic N) is 3. The Kier molecular flexibility index (Phi) is 4.14. The highest BCUT2D eigenvalue weighted by Gasteiger charge is 2.20. The average Bonchev–Trinajstić information content (AvgIpc) is 2.68. The summed E-state index contributed by atoms with van der Waals surface area (Å²) >= 11 is 3.56. The van der Waals surface area contributed by atoms with Crippen LogP contribution < -0.4 is 5.32 Å². The molecule has 5 heteroatoms. The highest BCUT2D eigenvalue weighted by atomic mass is 79.9. The van der Waals surface area contributed by atoms with E-state index in [1.807, 2.05) is 37.1 Å². The summed E-state index contributed by atoms with van der Waals surface area (Å²) in [4.78, 5) is 4.37. The van der Waals surface area contributed by atoms with Gasteiger partial charge in [0.1, 0.15) is 0 Å². The van der Waals surface area contributed by atoms with Gasteiger partial charge in [0, 0.05) is 18.9 Å². The molecule has 0 saturated carbocycles. The first kappa shape index (κ1) is 13.2. The molecule has 0 spiro atoms. The standard InChI is InChI=1S/C13H17BrN4/c1-4-15-12(10-6-5-9(2)16-7-10)13-11(14)8-17-18(13)3/h5-8,12,15H,4H2,1-3H3. The zero-order valence-corrected chi connectivity index (χ0v) is 12.4. The first-order chi connectivity index (χ1) is 8.63. The van der Waals surface area contributed by atoms with Crippen molar-refractivity contribution in [2.75, 3.05) is 6.54 Å². The number of hydrogen-bond donors (Lipinski definition) is 1. The summed E-state index contributed by atoms with van der Waals surface area (Å²) in [6.45, 7) is 4.97. The second-order valence-corrected chi connectivity index (χ2v) is 5.08.